The van der Waals surface area contributed by atoms with Crippen LogP contribution >= 0.6 is 0 Å². The second-order valence-corrected chi connectivity index (χ2v) is 5.43. The molecule has 1 aliphatic carbocycles. The van der Waals surface area contributed by atoms with Crippen LogP contribution in [0.15, 0.2) is 0 Å². The second-order valence-electron chi connectivity index (χ2n) is 5.43. The van der Waals surface area contributed by atoms with Gasteiger partial charge in [0.2, 0.25) is 0 Å². The summed E-state index contributed by atoms with van der Waals surface area (Å²) in [5, 5.41) is 9.13. The molecule has 1 aliphatic heterocycles. The van der Waals surface area contributed by atoms with Crippen LogP contribution in [0.4, 0.5) is 0 Å². The van der Waals surface area contributed by atoms with E-state index in [1.807, 2.05) is 0 Å². The third kappa shape index (κ3) is 2.96. The zero-order chi connectivity index (χ0) is 11.4. The molecule has 0 aromatic heterocycles. The van der Waals surface area contributed by atoms with Crippen LogP contribution < -0.4 is 0 Å². The molecule has 0 amide bonds. The maximum atomic E-state index is 9.13. The summed E-state index contributed by atoms with van der Waals surface area (Å²) in [5.41, 5.74) is 0. The summed E-state index contributed by atoms with van der Waals surface area (Å²) in [6.45, 7) is 3.94. The van der Waals surface area contributed by atoms with Crippen LogP contribution in [0.5, 0.6) is 0 Å². The zero-order valence-electron chi connectivity index (χ0n) is 10.6. The number of nitrogens with zero attached hydrogens (tertiary/aromatic N) is 2. The molecule has 1 saturated heterocycles. The first-order chi connectivity index (χ1) is 7.81. The molecule has 2 rings (SSSR count). The molecule has 2 fully saturated rings. The number of aliphatic hydroxyl groups excluding tert-OH is 1. The van der Waals surface area contributed by atoms with Crippen molar-refractivity contribution in [1.82, 2.24) is 9.80 Å². The number of hydrogen-bond acceptors (Lipinski definition) is 3. The molecular formula is C13H26N2O. The molecule has 1 unspecified atom stereocenters. The molecule has 1 saturated carbocycles. The summed E-state index contributed by atoms with van der Waals surface area (Å²) in [6.07, 6.45) is 7.85. The maximum Gasteiger partial charge on any atom is 0.0446 e. The average Bonchev–Trinajstić information content (AvgIpc) is 2.74. The van der Waals surface area contributed by atoms with Crippen LogP contribution in [0.25, 0.3) is 0 Å². The lowest BCUT2D eigenvalue weighted by atomic mass is 10.1. The molecular weight excluding hydrogens is 200 g/mol. The van der Waals surface area contributed by atoms with E-state index in [2.05, 4.69) is 16.8 Å². The monoisotopic (exact) mass is 226 g/mol. The molecule has 1 heterocycles. The van der Waals surface area contributed by atoms with Crippen molar-refractivity contribution in [1.29, 1.82) is 0 Å². The third-order valence-corrected chi connectivity index (χ3v) is 4.33. The topological polar surface area (TPSA) is 26.7 Å². The van der Waals surface area contributed by atoms with Gasteiger partial charge in [0.25, 0.3) is 0 Å². The van der Waals surface area contributed by atoms with Gasteiger partial charge in [0.15, 0.2) is 0 Å². The van der Waals surface area contributed by atoms with Crippen LogP contribution in [0.3, 0.4) is 0 Å². The van der Waals surface area contributed by atoms with Crippen LogP contribution in [0, 0.1) is 0 Å². The molecule has 0 aromatic rings. The van der Waals surface area contributed by atoms with Crippen molar-refractivity contribution in [2.75, 3.05) is 33.3 Å². The molecule has 1 atom stereocenters. The lowest BCUT2D eigenvalue weighted by Gasteiger charge is -2.32. The fourth-order valence-corrected chi connectivity index (χ4v) is 3.27. The first-order valence-corrected chi connectivity index (χ1v) is 6.86. The van der Waals surface area contributed by atoms with Crippen molar-refractivity contribution < 1.29 is 5.11 Å². The minimum absolute atomic E-state index is 0.327. The molecule has 0 aromatic carbocycles. The van der Waals surface area contributed by atoms with Gasteiger partial charge in [-0.1, -0.05) is 12.8 Å². The van der Waals surface area contributed by atoms with Crippen molar-refractivity contribution in [2.45, 2.75) is 50.6 Å². The van der Waals surface area contributed by atoms with E-state index in [9.17, 15) is 0 Å². The molecule has 0 spiro atoms. The van der Waals surface area contributed by atoms with Gasteiger partial charge in [-0.15, -0.1) is 0 Å². The van der Waals surface area contributed by atoms with Gasteiger partial charge < -0.3 is 10.0 Å². The SMILES string of the molecule is CN1CCCN(C2CCCC2)CC1CCO. The van der Waals surface area contributed by atoms with E-state index in [1.165, 1.54) is 51.7 Å². The Morgan fingerprint density at radius 2 is 1.88 bits per heavy atom. The smallest absolute Gasteiger partial charge is 0.0446 e. The molecule has 3 heteroatoms. The molecule has 94 valence electrons. The number of likely N-dealkylation sites (N-methyl/N-ethyl adjacent to an activating group) is 1. The van der Waals surface area contributed by atoms with E-state index in [1.54, 1.807) is 0 Å². The first kappa shape index (κ1) is 12.3. The summed E-state index contributed by atoms with van der Waals surface area (Å²) < 4.78 is 0. The minimum atomic E-state index is 0.327. The Morgan fingerprint density at radius 3 is 2.56 bits per heavy atom. The van der Waals surface area contributed by atoms with E-state index in [0.29, 0.717) is 12.6 Å². The molecule has 0 radical (unpaired) electrons. The second kappa shape index (κ2) is 5.99. The molecule has 16 heavy (non-hydrogen) atoms. The quantitative estimate of drug-likeness (QED) is 0.786. The van der Waals surface area contributed by atoms with E-state index in [-0.39, 0.29) is 0 Å². The highest BCUT2D eigenvalue weighted by molar-refractivity contribution is 4.84. The Bertz CT molecular complexity index is 204. The standard InChI is InChI=1S/C13H26N2O/c1-14-8-4-9-15(11-13(14)7-10-16)12-5-2-3-6-12/h12-13,16H,2-11H2,1H3. The van der Waals surface area contributed by atoms with Crippen molar-refractivity contribution in [3.63, 3.8) is 0 Å². The van der Waals surface area contributed by atoms with Crippen molar-refractivity contribution in [3.05, 3.63) is 0 Å². The molecule has 2 aliphatic rings. The molecule has 1 N–H and O–H groups in total. The predicted octanol–water partition coefficient (Wildman–Crippen LogP) is 1.32. The van der Waals surface area contributed by atoms with Crippen molar-refractivity contribution >= 4 is 0 Å². The Morgan fingerprint density at radius 1 is 1.12 bits per heavy atom. The number of hydrogen-bond donors (Lipinski definition) is 1. The summed E-state index contributed by atoms with van der Waals surface area (Å²) in [5.74, 6) is 0. The van der Waals surface area contributed by atoms with Crippen molar-refractivity contribution in [3.8, 4) is 0 Å². The van der Waals surface area contributed by atoms with Gasteiger partial charge >= 0.3 is 0 Å². The average molecular weight is 226 g/mol. The first-order valence-electron chi connectivity index (χ1n) is 6.86. The zero-order valence-corrected chi connectivity index (χ0v) is 10.6. The van der Waals surface area contributed by atoms with Gasteiger partial charge in [0.05, 0.1) is 0 Å². The van der Waals surface area contributed by atoms with Gasteiger partial charge in [-0.3, -0.25) is 4.90 Å². The Hall–Kier alpha value is -0.120. The third-order valence-electron chi connectivity index (χ3n) is 4.33. The maximum absolute atomic E-state index is 9.13. The van der Waals surface area contributed by atoms with E-state index in [4.69, 9.17) is 5.11 Å². The van der Waals surface area contributed by atoms with E-state index < -0.39 is 0 Å². The minimum Gasteiger partial charge on any atom is -0.396 e. The van der Waals surface area contributed by atoms with Gasteiger partial charge in [-0.25, -0.2) is 0 Å². The van der Waals surface area contributed by atoms with Gasteiger partial charge in [-0.2, -0.15) is 0 Å². The van der Waals surface area contributed by atoms with Crippen LogP contribution in [0.2, 0.25) is 0 Å². The molecule has 3 nitrogen and oxygen atoms in total. The van der Waals surface area contributed by atoms with Crippen LogP contribution in [0.1, 0.15) is 38.5 Å². The Kier molecular flexibility index (Phi) is 4.62. The summed E-state index contributed by atoms with van der Waals surface area (Å²) in [6, 6.07) is 1.40. The van der Waals surface area contributed by atoms with Gasteiger partial charge in [0.1, 0.15) is 0 Å². The highest BCUT2D eigenvalue weighted by atomic mass is 16.3. The van der Waals surface area contributed by atoms with Gasteiger partial charge in [0, 0.05) is 25.2 Å². The fraction of sp³-hybridized carbons (Fsp3) is 1.00. The highest BCUT2D eigenvalue weighted by Gasteiger charge is 2.28. The summed E-state index contributed by atoms with van der Waals surface area (Å²) in [7, 11) is 2.21. The highest BCUT2D eigenvalue weighted by Crippen LogP contribution is 2.25. The van der Waals surface area contributed by atoms with E-state index in [0.717, 1.165) is 12.5 Å². The largest absolute Gasteiger partial charge is 0.396 e. The lowest BCUT2D eigenvalue weighted by Crippen LogP contribution is -2.42. The van der Waals surface area contributed by atoms with Crippen LogP contribution in [-0.4, -0.2) is 60.3 Å². The molecule has 0 bridgehead atoms. The predicted molar refractivity (Wildman–Crippen MR) is 66.6 cm³/mol. The summed E-state index contributed by atoms with van der Waals surface area (Å²) >= 11 is 0. The van der Waals surface area contributed by atoms with E-state index >= 15 is 0 Å². The fourth-order valence-electron chi connectivity index (χ4n) is 3.27. The van der Waals surface area contributed by atoms with Crippen molar-refractivity contribution in [2.24, 2.45) is 0 Å². The van der Waals surface area contributed by atoms with Gasteiger partial charge in [-0.05, 0) is 45.8 Å². The number of aliphatic hydroxyl groups is 1. The Labute approximate surface area is 99.4 Å². The Balaban J connectivity index is 1.92. The normalized spacial score (nSPS) is 30.8. The van der Waals surface area contributed by atoms with Crippen LogP contribution in [-0.2, 0) is 0 Å². The lowest BCUT2D eigenvalue weighted by molar-refractivity contribution is 0.142. The number of rotatable bonds is 3. The summed E-state index contributed by atoms with van der Waals surface area (Å²) in [4.78, 5) is 5.13.